The van der Waals surface area contributed by atoms with Gasteiger partial charge in [0, 0.05) is 42.0 Å². The van der Waals surface area contributed by atoms with Gasteiger partial charge in [0.2, 0.25) is 5.91 Å². The average Bonchev–Trinajstić information content (AvgIpc) is 3.05. The Balaban J connectivity index is 1.49. The zero-order valence-electron chi connectivity index (χ0n) is 25.8. The largest absolute Gasteiger partial charge is 0.497 e. The molecule has 0 radical (unpaired) electrons. The molecular weight excluding hydrogens is 588 g/mol. The van der Waals surface area contributed by atoms with E-state index in [-0.39, 0.29) is 11.6 Å². The molecule has 0 saturated carbocycles. The Hall–Kier alpha value is -5.22. The molecular formula is C35H36N4O5S. The van der Waals surface area contributed by atoms with Crippen LogP contribution in [-0.2, 0) is 9.59 Å². The summed E-state index contributed by atoms with van der Waals surface area (Å²) in [6.45, 7) is 1.79. The van der Waals surface area contributed by atoms with Gasteiger partial charge in [0.15, 0.2) is 0 Å². The Bertz CT molecular complexity index is 1670. The highest BCUT2D eigenvalue weighted by Crippen LogP contribution is 2.31. The SMILES string of the molecule is COc1ccc(OC)c(NC(=O)C(C)Sc2cccc(NC(=O)/C(=C\c3ccc(N(C)C)cc3)NC(=O)c3ccccc3)c2)c1. The van der Waals surface area contributed by atoms with Crippen LogP contribution in [0.25, 0.3) is 6.08 Å². The normalized spacial score (nSPS) is 11.6. The fourth-order valence-electron chi connectivity index (χ4n) is 4.23. The second-order valence-electron chi connectivity index (χ2n) is 10.2. The zero-order valence-corrected chi connectivity index (χ0v) is 26.6. The van der Waals surface area contributed by atoms with Crippen molar-refractivity contribution in [1.29, 1.82) is 0 Å². The first-order chi connectivity index (χ1) is 21.7. The number of hydrogen-bond donors (Lipinski definition) is 3. The van der Waals surface area contributed by atoms with Gasteiger partial charge in [-0.25, -0.2) is 0 Å². The third-order valence-corrected chi connectivity index (χ3v) is 7.78. The number of ether oxygens (including phenoxy) is 2. The van der Waals surface area contributed by atoms with Crippen molar-refractivity contribution in [3.63, 3.8) is 0 Å². The molecule has 0 aliphatic heterocycles. The Morgan fingerprint density at radius 2 is 1.56 bits per heavy atom. The van der Waals surface area contributed by atoms with Gasteiger partial charge in [0.25, 0.3) is 11.8 Å². The third kappa shape index (κ3) is 9.14. The minimum atomic E-state index is -0.492. The zero-order chi connectivity index (χ0) is 32.3. The van der Waals surface area contributed by atoms with Gasteiger partial charge in [-0.3, -0.25) is 14.4 Å². The van der Waals surface area contributed by atoms with Gasteiger partial charge >= 0.3 is 0 Å². The van der Waals surface area contributed by atoms with E-state index in [0.29, 0.717) is 28.4 Å². The summed E-state index contributed by atoms with van der Waals surface area (Å²) >= 11 is 1.33. The van der Waals surface area contributed by atoms with Crippen molar-refractivity contribution in [2.45, 2.75) is 17.1 Å². The minimum absolute atomic E-state index is 0.0829. The van der Waals surface area contributed by atoms with Crippen molar-refractivity contribution in [2.24, 2.45) is 0 Å². The fourth-order valence-corrected chi connectivity index (χ4v) is 5.15. The number of nitrogens with one attached hydrogen (secondary N) is 3. The maximum Gasteiger partial charge on any atom is 0.272 e. The Labute approximate surface area is 267 Å². The Morgan fingerprint density at radius 3 is 2.22 bits per heavy atom. The summed E-state index contributed by atoms with van der Waals surface area (Å²) in [6.07, 6.45) is 1.63. The highest BCUT2D eigenvalue weighted by atomic mass is 32.2. The van der Waals surface area contributed by atoms with E-state index in [0.717, 1.165) is 16.1 Å². The fraction of sp³-hybridized carbons (Fsp3) is 0.171. The predicted molar refractivity (Wildman–Crippen MR) is 181 cm³/mol. The predicted octanol–water partition coefficient (Wildman–Crippen LogP) is 6.30. The van der Waals surface area contributed by atoms with Crippen LogP contribution in [0, 0.1) is 0 Å². The van der Waals surface area contributed by atoms with Gasteiger partial charge in [-0.15, -0.1) is 11.8 Å². The van der Waals surface area contributed by atoms with Crippen LogP contribution in [-0.4, -0.2) is 51.3 Å². The topological polar surface area (TPSA) is 109 Å². The standard InChI is InChI=1S/C35H36N4O5S/c1-23(33(40)37-30-22-28(43-4)18-19-32(30)44-5)45-29-13-9-12-26(21-29)36-35(42)31(38-34(41)25-10-7-6-8-11-25)20-24-14-16-27(17-15-24)39(2)3/h6-23H,1-5H3,(H,36,42)(H,37,40)(H,38,41)/b31-20+. The number of anilines is 3. The first kappa shape index (κ1) is 32.7. The van der Waals surface area contributed by atoms with Crippen molar-refractivity contribution in [1.82, 2.24) is 5.32 Å². The van der Waals surface area contributed by atoms with E-state index in [2.05, 4.69) is 16.0 Å². The summed E-state index contributed by atoms with van der Waals surface area (Å²) in [5.41, 5.74) is 3.27. The van der Waals surface area contributed by atoms with Crippen molar-refractivity contribution in [2.75, 3.05) is 43.8 Å². The highest BCUT2D eigenvalue weighted by molar-refractivity contribution is 8.00. The molecule has 1 unspecified atom stereocenters. The minimum Gasteiger partial charge on any atom is -0.497 e. The summed E-state index contributed by atoms with van der Waals surface area (Å²) in [5, 5.41) is 8.07. The Kier molecular flexibility index (Phi) is 11.3. The van der Waals surface area contributed by atoms with Gasteiger partial charge < -0.3 is 30.3 Å². The summed E-state index contributed by atoms with van der Waals surface area (Å²) in [6, 6.07) is 28.7. The molecule has 3 N–H and O–H groups in total. The molecule has 9 nitrogen and oxygen atoms in total. The van der Waals surface area contributed by atoms with Crippen LogP contribution in [0.3, 0.4) is 0 Å². The number of benzene rings is 4. The molecule has 0 saturated heterocycles. The lowest BCUT2D eigenvalue weighted by Gasteiger charge is -2.16. The van der Waals surface area contributed by atoms with E-state index in [1.54, 1.807) is 80.8 Å². The Morgan fingerprint density at radius 1 is 0.822 bits per heavy atom. The molecule has 0 aliphatic rings. The first-order valence-electron chi connectivity index (χ1n) is 14.1. The van der Waals surface area contributed by atoms with Crippen molar-refractivity contribution in [3.05, 3.63) is 114 Å². The summed E-state index contributed by atoms with van der Waals surface area (Å²) < 4.78 is 10.6. The van der Waals surface area contributed by atoms with E-state index >= 15 is 0 Å². The number of hydrogen-bond acceptors (Lipinski definition) is 7. The number of methoxy groups -OCH3 is 2. The monoisotopic (exact) mass is 624 g/mol. The average molecular weight is 625 g/mol. The van der Waals surface area contributed by atoms with Crippen molar-refractivity contribution >= 4 is 52.6 Å². The molecule has 0 spiro atoms. The smallest absolute Gasteiger partial charge is 0.272 e. The lowest BCUT2D eigenvalue weighted by atomic mass is 10.1. The van der Waals surface area contributed by atoms with Crippen molar-refractivity contribution < 1.29 is 23.9 Å². The highest BCUT2D eigenvalue weighted by Gasteiger charge is 2.19. The van der Waals surface area contributed by atoms with E-state index in [1.807, 2.05) is 55.4 Å². The van der Waals surface area contributed by atoms with Crippen LogP contribution in [0.2, 0.25) is 0 Å². The van der Waals surface area contributed by atoms with E-state index < -0.39 is 17.1 Å². The van der Waals surface area contributed by atoms with Gasteiger partial charge in [0.05, 0.1) is 25.2 Å². The number of carbonyl (C=O) groups is 3. The van der Waals surface area contributed by atoms with Crippen LogP contribution >= 0.6 is 11.8 Å². The van der Waals surface area contributed by atoms with Crippen LogP contribution in [0.15, 0.2) is 108 Å². The molecule has 45 heavy (non-hydrogen) atoms. The molecule has 1 atom stereocenters. The molecule has 4 aromatic rings. The molecule has 4 rings (SSSR count). The van der Waals surface area contributed by atoms with Crippen LogP contribution in [0.5, 0.6) is 11.5 Å². The van der Waals surface area contributed by atoms with E-state index in [9.17, 15) is 14.4 Å². The third-order valence-electron chi connectivity index (χ3n) is 6.69. The molecule has 232 valence electrons. The van der Waals surface area contributed by atoms with Crippen molar-refractivity contribution in [3.8, 4) is 11.5 Å². The summed E-state index contributed by atoms with van der Waals surface area (Å²) in [7, 11) is 6.97. The lowest BCUT2D eigenvalue weighted by Crippen LogP contribution is -2.30. The molecule has 0 aromatic heterocycles. The van der Waals surface area contributed by atoms with Crippen LogP contribution < -0.4 is 30.3 Å². The van der Waals surface area contributed by atoms with E-state index in [4.69, 9.17) is 9.47 Å². The van der Waals surface area contributed by atoms with Crippen LogP contribution in [0.1, 0.15) is 22.8 Å². The number of nitrogens with zero attached hydrogens (tertiary/aromatic N) is 1. The number of thioether (sulfide) groups is 1. The molecule has 10 heteroatoms. The number of amides is 3. The summed E-state index contributed by atoms with van der Waals surface area (Å²) in [5.74, 6) is -0.0143. The first-order valence-corrected chi connectivity index (χ1v) is 15.0. The lowest BCUT2D eigenvalue weighted by molar-refractivity contribution is -0.115. The van der Waals surface area contributed by atoms with Gasteiger partial charge in [-0.2, -0.15) is 0 Å². The van der Waals surface area contributed by atoms with Crippen LogP contribution in [0.4, 0.5) is 17.1 Å². The maximum atomic E-state index is 13.5. The van der Waals surface area contributed by atoms with Gasteiger partial charge in [-0.1, -0.05) is 36.4 Å². The molecule has 3 amide bonds. The second-order valence-corrected chi connectivity index (χ2v) is 11.6. The quantitative estimate of drug-likeness (QED) is 0.125. The molecule has 0 bridgehead atoms. The molecule has 0 aliphatic carbocycles. The second kappa shape index (κ2) is 15.5. The van der Waals surface area contributed by atoms with E-state index in [1.165, 1.54) is 18.9 Å². The number of rotatable bonds is 12. The van der Waals surface area contributed by atoms with Gasteiger partial charge in [0.1, 0.15) is 17.2 Å². The maximum absolute atomic E-state index is 13.5. The molecule has 4 aromatic carbocycles. The van der Waals surface area contributed by atoms with Gasteiger partial charge in [-0.05, 0) is 73.2 Å². The number of carbonyl (C=O) groups excluding carboxylic acids is 3. The summed E-state index contributed by atoms with van der Waals surface area (Å²) in [4.78, 5) is 42.3. The molecule has 0 fully saturated rings. The molecule has 0 heterocycles.